The van der Waals surface area contributed by atoms with Gasteiger partial charge in [0.15, 0.2) is 0 Å². The van der Waals surface area contributed by atoms with Crippen LogP contribution in [-0.4, -0.2) is 35.0 Å². The minimum Gasteiger partial charge on any atom is -0.356 e. The first-order valence-corrected chi connectivity index (χ1v) is 9.10. The molecule has 1 aliphatic heterocycles. The smallest absolute Gasteiger partial charge is 0.225 e. The van der Waals surface area contributed by atoms with E-state index in [1.807, 2.05) is 36.4 Å². The van der Waals surface area contributed by atoms with E-state index in [0.717, 1.165) is 42.9 Å². The topological polar surface area (TPSA) is 58.1 Å². The number of carbonyl (C=O) groups is 1. The highest BCUT2D eigenvalue weighted by molar-refractivity contribution is 5.79. The Kier molecular flexibility index (Phi) is 5.64. The van der Waals surface area contributed by atoms with Gasteiger partial charge in [0, 0.05) is 30.8 Å². The molecule has 0 saturated carbocycles. The van der Waals surface area contributed by atoms with E-state index in [1.165, 1.54) is 0 Å². The van der Waals surface area contributed by atoms with Crippen LogP contribution in [0.4, 0.5) is 5.82 Å². The van der Waals surface area contributed by atoms with Crippen LogP contribution < -0.4 is 10.2 Å². The molecule has 1 aromatic heterocycles. The van der Waals surface area contributed by atoms with Gasteiger partial charge in [-0.25, -0.2) is 9.97 Å². The van der Waals surface area contributed by atoms with Crippen LogP contribution in [0.15, 0.2) is 42.7 Å². The van der Waals surface area contributed by atoms with Crippen molar-refractivity contribution in [2.24, 2.45) is 5.92 Å². The number of amides is 1. The summed E-state index contributed by atoms with van der Waals surface area (Å²) in [5, 5.41) is 3.11. The molecule has 2 heterocycles. The Morgan fingerprint density at radius 1 is 1.32 bits per heavy atom. The Morgan fingerprint density at radius 3 is 2.88 bits per heavy atom. The number of rotatable bonds is 5. The summed E-state index contributed by atoms with van der Waals surface area (Å²) in [5.74, 6) is 1.09. The van der Waals surface area contributed by atoms with Gasteiger partial charge in [0.25, 0.3) is 0 Å². The molecule has 25 heavy (non-hydrogen) atoms. The second-order valence-electron chi connectivity index (χ2n) is 6.73. The molecule has 1 aliphatic rings. The molecule has 1 amide bonds. The van der Waals surface area contributed by atoms with Crippen molar-refractivity contribution in [2.75, 3.05) is 18.0 Å². The Hall–Kier alpha value is -2.43. The van der Waals surface area contributed by atoms with Crippen LogP contribution in [-0.2, 0) is 4.79 Å². The summed E-state index contributed by atoms with van der Waals surface area (Å²) >= 11 is 0. The molecule has 0 aliphatic carbocycles. The number of benzene rings is 1. The molecule has 2 atom stereocenters. The molecule has 2 aromatic rings. The molecule has 0 spiro atoms. The lowest BCUT2D eigenvalue weighted by Crippen LogP contribution is -2.45. The number of aromatic nitrogens is 2. The van der Waals surface area contributed by atoms with Crippen molar-refractivity contribution in [3.05, 3.63) is 42.7 Å². The lowest BCUT2D eigenvalue weighted by atomic mass is 9.96. The maximum atomic E-state index is 12.5. The number of nitrogens with one attached hydrogen (secondary N) is 1. The normalized spacial score (nSPS) is 18.6. The van der Waals surface area contributed by atoms with Gasteiger partial charge < -0.3 is 10.2 Å². The first kappa shape index (κ1) is 17.4. The highest BCUT2D eigenvalue weighted by atomic mass is 16.2. The van der Waals surface area contributed by atoms with Crippen molar-refractivity contribution >= 4 is 11.7 Å². The molecule has 0 radical (unpaired) electrons. The molecule has 5 nitrogen and oxygen atoms in total. The summed E-state index contributed by atoms with van der Waals surface area (Å²) in [6.07, 6.45) is 4.51. The van der Waals surface area contributed by atoms with Gasteiger partial charge >= 0.3 is 0 Å². The van der Waals surface area contributed by atoms with Crippen molar-refractivity contribution in [1.29, 1.82) is 0 Å². The fourth-order valence-electron chi connectivity index (χ4n) is 3.15. The van der Waals surface area contributed by atoms with Crippen LogP contribution in [0.2, 0.25) is 0 Å². The Labute approximate surface area is 149 Å². The van der Waals surface area contributed by atoms with E-state index in [2.05, 4.69) is 34.0 Å². The fourth-order valence-corrected chi connectivity index (χ4v) is 3.15. The maximum Gasteiger partial charge on any atom is 0.225 e. The minimum atomic E-state index is 0.0258. The van der Waals surface area contributed by atoms with E-state index < -0.39 is 0 Å². The van der Waals surface area contributed by atoms with E-state index >= 15 is 0 Å². The Morgan fingerprint density at radius 2 is 2.12 bits per heavy atom. The number of carbonyl (C=O) groups excluding carboxylic acids is 1. The first-order valence-electron chi connectivity index (χ1n) is 9.10. The molecule has 0 bridgehead atoms. The van der Waals surface area contributed by atoms with Crippen molar-refractivity contribution in [2.45, 2.75) is 39.2 Å². The van der Waals surface area contributed by atoms with Gasteiger partial charge in [-0.1, -0.05) is 37.3 Å². The number of hydrogen-bond acceptors (Lipinski definition) is 4. The van der Waals surface area contributed by atoms with E-state index in [-0.39, 0.29) is 17.9 Å². The molecular weight excluding hydrogens is 312 g/mol. The molecule has 1 N–H and O–H groups in total. The Balaban J connectivity index is 1.72. The van der Waals surface area contributed by atoms with Gasteiger partial charge in [-0.15, -0.1) is 0 Å². The predicted octanol–water partition coefficient (Wildman–Crippen LogP) is 3.27. The van der Waals surface area contributed by atoms with Crippen molar-refractivity contribution < 1.29 is 4.79 Å². The van der Waals surface area contributed by atoms with Crippen LogP contribution in [0.25, 0.3) is 11.3 Å². The lowest BCUT2D eigenvalue weighted by molar-refractivity contribution is -0.125. The molecule has 132 valence electrons. The average Bonchev–Trinajstić information content (AvgIpc) is 2.68. The minimum absolute atomic E-state index is 0.0258. The summed E-state index contributed by atoms with van der Waals surface area (Å²) in [7, 11) is 0. The molecule has 1 aromatic carbocycles. The highest BCUT2D eigenvalue weighted by Crippen LogP contribution is 2.25. The van der Waals surface area contributed by atoms with Gasteiger partial charge in [-0.3, -0.25) is 4.79 Å². The zero-order chi connectivity index (χ0) is 17.6. The largest absolute Gasteiger partial charge is 0.356 e. The third kappa shape index (κ3) is 4.35. The molecule has 5 heteroatoms. The number of nitrogens with zero attached hydrogens (tertiary/aromatic N) is 3. The van der Waals surface area contributed by atoms with Crippen LogP contribution in [0.1, 0.15) is 33.1 Å². The van der Waals surface area contributed by atoms with Crippen LogP contribution >= 0.6 is 0 Å². The van der Waals surface area contributed by atoms with Gasteiger partial charge in [0.1, 0.15) is 12.1 Å². The van der Waals surface area contributed by atoms with Gasteiger partial charge in [-0.2, -0.15) is 0 Å². The number of hydrogen-bond donors (Lipinski definition) is 1. The zero-order valence-corrected chi connectivity index (χ0v) is 15.0. The standard InChI is InChI=1S/C20H26N4O/c1-3-15(2)23-20(25)17-10-7-11-24(13-17)19-12-18(21-14-22-19)16-8-5-4-6-9-16/h4-6,8-9,12,14-15,17H,3,7,10-11,13H2,1-2H3,(H,23,25). The number of anilines is 1. The van der Waals surface area contributed by atoms with E-state index in [0.29, 0.717) is 6.54 Å². The van der Waals surface area contributed by atoms with E-state index in [4.69, 9.17) is 0 Å². The lowest BCUT2D eigenvalue weighted by Gasteiger charge is -2.33. The SMILES string of the molecule is CCC(C)NC(=O)C1CCCN(c2cc(-c3ccccc3)ncn2)C1. The van der Waals surface area contributed by atoms with E-state index in [9.17, 15) is 4.79 Å². The fraction of sp³-hybridized carbons (Fsp3) is 0.450. The van der Waals surface area contributed by atoms with Crippen LogP contribution in [0, 0.1) is 5.92 Å². The summed E-state index contributed by atoms with van der Waals surface area (Å²) in [6.45, 7) is 5.78. The van der Waals surface area contributed by atoms with Gasteiger partial charge in [0.2, 0.25) is 5.91 Å². The van der Waals surface area contributed by atoms with Crippen molar-refractivity contribution in [3.8, 4) is 11.3 Å². The summed E-state index contributed by atoms with van der Waals surface area (Å²) in [4.78, 5) is 23.5. The third-order valence-electron chi connectivity index (χ3n) is 4.84. The average molecular weight is 338 g/mol. The molecule has 1 saturated heterocycles. The molecular formula is C20H26N4O. The zero-order valence-electron chi connectivity index (χ0n) is 15.0. The first-order chi connectivity index (χ1) is 12.2. The summed E-state index contributed by atoms with van der Waals surface area (Å²) in [6, 6.07) is 12.4. The highest BCUT2D eigenvalue weighted by Gasteiger charge is 2.27. The predicted molar refractivity (Wildman–Crippen MR) is 100 cm³/mol. The van der Waals surface area contributed by atoms with Gasteiger partial charge in [0.05, 0.1) is 11.6 Å². The molecule has 3 rings (SSSR count). The molecule has 2 unspecified atom stereocenters. The van der Waals surface area contributed by atoms with Crippen LogP contribution in [0.5, 0.6) is 0 Å². The van der Waals surface area contributed by atoms with Crippen molar-refractivity contribution in [1.82, 2.24) is 15.3 Å². The van der Waals surface area contributed by atoms with E-state index in [1.54, 1.807) is 6.33 Å². The molecule has 1 fully saturated rings. The third-order valence-corrected chi connectivity index (χ3v) is 4.84. The second-order valence-corrected chi connectivity index (χ2v) is 6.73. The van der Waals surface area contributed by atoms with Crippen molar-refractivity contribution in [3.63, 3.8) is 0 Å². The van der Waals surface area contributed by atoms with Gasteiger partial charge in [-0.05, 0) is 26.2 Å². The second kappa shape index (κ2) is 8.10. The Bertz CT molecular complexity index is 704. The maximum absolute atomic E-state index is 12.5. The number of piperidine rings is 1. The summed E-state index contributed by atoms with van der Waals surface area (Å²) < 4.78 is 0. The monoisotopic (exact) mass is 338 g/mol. The summed E-state index contributed by atoms with van der Waals surface area (Å²) in [5.41, 5.74) is 1.99. The quantitative estimate of drug-likeness (QED) is 0.909. The van der Waals surface area contributed by atoms with Crippen LogP contribution in [0.3, 0.4) is 0 Å².